The van der Waals surface area contributed by atoms with E-state index in [2.05, 4.69) is 4.99 Å². The van der Waals surface area contributed by atoms with Crippen LogP contribution in [0.25, 0.3) is 0 Å². The highest BCUT2D eigenvalue weighted by atomic mass is 35.5. The van der Waals surface area contributed by atoms with Crippen molar-refractivity contribution in [1.29, 1.82) is 0 Å². The Morgan fingerprint density at radius 3 is 2.48 bits per heavy atom. The summed E-state index contributed by atoms with van der Waals surface area (Å²) in [7, 11) is 0. The first-order valence-electron chi connectivity index (χ1n) is 6.03. The summed E-state index contributed by atoms with van der Waals surface area (Å²) in [5.74, 6) is -1.52. The second-order valence-electron chi connectivity index (χ2n) is 4.28. The van der Waals surface area contributed by atoms with E-state index in [0.717, 1.165) is 0 Å². The molecule has 0 amide bonds. The van der Waals surface area contributed by atoms with Crippen LogP contribution in [0.4, 0.5) is 14.5 Å². The SMILES string of the molecule is NC(CC(=O)c1ccc(F)cc1)=Nc1cccc(Cl)c1F. The highest BCUT2D eigenvalue weighted by molar-refractivity contribution is 6.31. The topological polar surface area (TPSA) is 55.5 Å². The highest BCUT2D eigenvalue weighted by Crippen LogP contribution is 2.24. The fourth-order valence-electron chi connectivity index (χ4n) is 1.68. The molecule has 0 aliphatic carbocycles. The molecular weight excluding hydrogens is 298 g/mol. The highest BCUT2D eigenvalue weighted by Gasteiger charge is 2.10. The molecule has 0 atom stereocenters. The molecule has 0 saturated heterocycles. The van der Waals surface area contributed by atoms with Crippen molar-refractivity contribution >= 4 is 28.9 Å². The Labute approximate surface area is 125 Å². The van der Waals surface area contributed by atoms with Gasteiger partial charge in [-0.15, -0.1) is 0 Å². The number of hydrogen-bond donors (Lipinski definition) is 1. The van der Waals surface area contributed by atoms with Crippen LogP contribution in [0.3, 0.4) is 0 Å². The van der Waals surface area contributed by atoms with Gasteiger partial charge >= 0.3 is 0 Å². The van der Waals surface area contributed by atoms with Crippen molar-refractivity contribution < 1.29 is 13.6 Å². The maximum Gasteiger partial charge on any atom is 0.170 e. The lowest BCUT2D eigenvalue weighted by atomic mass is 10.1. The van der Waals surface area contributed by atoms with Gasteiger partial charge < -0.3 is 5.73 Å². The second kappa shape index (κ2) is 6.45. The van der Waals surface area contributed by atoms with E-state index >= 15 is 0 Å². The van der Waals surface area contributed by atoms with E-state index in [0.29, 0.717) is 5.56 Å². The Hall–Kier alpha value is -2.27. The Bertz CT molecular complexity index is 699. The fraction of sp³-hybridized carbons (Fsp3) is 0.0667. The van der Waals surface area contributed by atoms with Crippen molar-refractivity contribution in [3.8, 4) is 0 Å². The van der Waals surface area contributed by atoms with Gasteiger partial charge in [-0.25, -0.2) is 13.8 Å². The van der Waals surface area contributed by atoms with E-state index in [9.17, 15) is 13.6 Å². The molecule has 3 nitrogen and oxygen atoms in total. The van der Waals surface area contributed by atoms with Gasteiger partial charge in [0.25, 0.3) is 0 Å². The van der Waals surface area contributed by atoms with Gasteiger partial charge in [-0.1, -0.05) is 17.7 Å². The van der Waals surface area contributed by atoms with E-state index in [1.807, 2.05) is 0 Å². The summed E-state index contributed by atoms with van der Waals surface area (Å²) in [6.45, 7) is 0. The lowest BCUT2D eigenvalue weighted by molar-refractivity contribution is 0.100. The minimum absolute atomic E-state index is 0.0353. The van der Waals surface area contributed by atoms with Gasteiger partial charge in [-0.3, -0.25) is 4.79 Å². The number of rotatable bonds is 4. The summed E-state index contributed by atoms with van der Waals surface area (Å²) in [5, 5.41) is -0.0751. The molecule has 0 heterocycles. The number of Topliss-reactive ketones (excluding diaryl/α,β-unsaturated/α-hetero) is 1. The van der Waals surface area contributed by atoms with Crippen LogP contribution in [-0.4, -0.2) is 11.6 Å². The fourth-order valence-corrected chi connectivity index (χ4v) is 1.84. The number of nitrogens with zero attached hydrogens (tertiary/aromatic N) is 1. The van der Waals surface area contributed by atoms with E-state index in [4.69, 9.17) is 17.3 Å². The van der Waals surface area contributed by atoms with Gasteiger partial charge in [-0.05, 0) is 36.4 Å². The molecule has 108 valence electrons. The number of halogens is 3. The molecule has 2 aromatic carbocycles. The number of ketones is 1. The normalized spacial score (nSPS) is 11.5. The van der Waals surface area contributed by atoms with Gasteiger partial charge in [0.15, 0.2) is 11.6 Å². The molecule has 0 aliphatic rings. The first-order chi connectivity index (χ1) is 9.97. The predicted octanol–water partition coefficient (Wildman–Crippen LogP) is 3.88. The van der Waals surface area contributed by atoms with Crippen molar-refractivity contribution in [2.75, 3.05) is 0 Å². The maximum absolute atomic E-state index is 13.6. The summed E-state index contributed by atoms with van der Waals surface area (Å²) in [4.78, 5) is 15.7. The molecule has 2 rings (SSSR count). The predicted molar refractivity (Wildman–Crippen MR) is 78.0 cm³/mol. The first-order valence-corrected chi connectivity index (χ1v) is 6.41. The molecule has 2 N–H and O–H groups in total. The van der Waals surface area contributed by atoms with Crippen molar-refractivity contribution in [2.24, 2.45) is 10.7 Å². The minimum atomic E-state index is -0.698. The van der Waals surface area contributed by atoms with Crippen LogP contribution in [-0.2, 0) is 0 Å². The monoisotopic (exact) mass is 308 g/mol. The molecule has 21 heavy (non-hydrogen) atoms. The zero-order chi connectivity index (χ0) is 15.4. The van der Waals surface area contributed by atoms with Gasteiger partial charge in [0.05, 0.1) is 11.4 Å². The summed E-state index contributed by atoms with van der Waals surface area (Å²) in [6, 6.07) is 9.37. The Morgan fingerprint density at radius 2 is 1.81 bits per heavy atom. The lowest BCUT2D eigenvalue weighted by Crippen LogP contribution is -2.17. The number of amidine groups is 1. The van der Waals surface area contributed by atoms with Crippen LogP contribution in [0.2, 0.25) is 5.02 Å². The Kier molecular flexibility index (Phi) is 4.65. The summed E-state index contributed by atoms with van der Waals surface area (Å²) in [5.41, 5.74) is 5.91. The molecule has 6 heteroatoms. The number of carbonyl (C=O) groups is 1. The summed E-state index contributed by atoms with van der Waals surface area (Å²) in [6.07, 6.45) is -0.197. The number of aliphatic imine (C=N–C) groups is 1. The van der Waals surface area contributed by atoms with Crippen LogP contribution in [0.15, 0.2) is 47.5 Å². The molecule has 0 aromatic heterocycles. The van der Waals surface area contributed by atoms with Crippen molar-refractivity contribution in [1.82, 2.24) is 0 Å². The average Bonchev–Trinajstić information content (AvgIpc) is 2.44. The molecule has 0 fully saturated rings. The third-order valence-corrected chi connectivity index (χ3v) is 3.00. The largest absolute Gasteiger partial charge is 0.387 e. The third-order valence-electron chi connectivity index (χ3n) is 2.70. The number of hydrogen-bond acceptors (Lipinski definition) is 2. The van der Waals surface area contributed by atoms with Crippen LogP contribution >= 0.6 is 11.6 Å². The lowest BCUT2D eigenvalue weighted by Gasteiger charge is -2.03. The standard InChI is InChI=1S/C15H11ClF2N2O/c16-11-2-1-3-12(15(11)18)20-14(19)8-13(21)9-4-6-10(17)7-5-9/h1-7H,8H2,(H2,19,20). The van der Waals surface area contributed by atoms with Crippen LogP contribution in [0.1, 0.15) is 16.8 Å². The minimum Gasteiger partial charge on any atom is -0.387 e. The smallest absolute Gasteiger partial charge is 0.170 e. The third kappa shape index (κ3) is 3.86. The average molecular weight is 309 g/mol. The van der Waals surface area contributed by atoms with Gasteiger partial charge in [-0.2, -0.15) is 0 Å². The molecule has 0 saturated carbocycles. The van der Waals surface area contributed by atoms with E-state index in [1.54, 1.807) is 0 Å². The summed E-state index contributed by atoms with van der Waals surface area (Å²) >= 11 is 5.63. The number of nitrogens with two attached hydrogens (primary N) is 1. The van der Waals surface area contributed by atoms with Crippen molar-refractivity contribution in [2.45, 2.75) is 6.42 Å². The van der Waals surface area contributed by atoms with E-state index in [-0.39, 0.29) is 28.7 Å². The van der Waals surface area contributed by atoms with E-state index < -0.39 is 11.6 Å². The molecule has 0 aliphatic heterocycles. The molecule has 0 spiro atoms. The van der Waals surface area contributed by atoms with Crippen LogP contribution in [0, 0.1) is 11.6 Å². The second-order valence-corrected chi connectivity index (χ2v) is 4.69. The molecule has 0 unspecified atom stereocenters. The maximum atomic E-state index is 13.6. The van der Waals surface area contributed by atoms with Crippen molar-refractivity contribution in [3.05, 3.63) is 64.7 Å². The summed E-state index contributed by atoms with van der Waals surface area (Å²) < 4.78 is 26.4. The Morgan fingerprint density at radius 1 is 1.14 bits per heavy atom. The molecule has 2 aromatic rings. The van der Waals surface area contributed by atoms with Crippen LogP contribution in [0.5, 0.6) is 0 Å². The van der Waals surface area contributed by atoms with Gasteiger partial charge in [0.1, 0.15) is 17.3 Å². The van der Waals surface area contributed by atoms with E-state index in [1.165, 1.54) is 42.5 Å². The number of carbonyl (C=O) groups excluding carboxylic acids is 1. The molecule has 0 bridgehead atoms. The van der Waals surface area contributed by atoms with Gasteiger partial charge in [0.2, 0.25) is 0 Å². The molecule has 0 radical (unpaired) electrons. The first kappa shape index (κ1) is 15.1. The quantitative estimate of drug-likeness (QED) is 0.529. The zero-order valence-electron chi connectivity index (χ0n) is 10.8. The van der Waals surface area contributed by atoms with Crippen LogP contribution < -0.4 is 5.73 Å². The number of benzene rings is 2. The molecular formula is C15H11ClF2N2O. The Balaban J connectivity index is 2.15. The van der Waals surface area contributed by atoms with Crippen molar-refractivity contribution in [3.63, 3.8) is 0 Å². The zero-order valence-corrected chi connectivity index (χ0v) is 11.6. The van der Waals surface area contributed by atoms with Gasteiger partial charge in [0, 0.05) is 5.56 Å².